The Bertz CT molecular complexity index is 541. The minimum Gasteiger partial charge on any atom is -0.319 e. The number of nitrogens with two attached hydrogens (primary N) is 1. The molecule has 0 aliphatic rings. The minimum absolute atomic E-state index is 0.209. The molecule has 18 heavy (non-hydrogen) atoms. The first kappa shape index (κ1) is 13.2. The van der Waals surface area contributed by atoms with E-state index in [-0.39, 0.29) is 5.82 Å². The van der Waals surface area contributed by atoms with Crippen LogP contribution in [0, 0.1) is 19.7 Å². The van der Waals surface area contributed by atoms with Gasteiger partial charge in [-0.05, 0) is 38.8 Å². The topological polar surface area (TPSA) is 38.9 Å². The summed E-state index contributed by atoms with van der Waals surface area (Å²) in [6.45, 7) is 5.89. The first-order chi connectivity index (χ1) is 8.40. The van der Waals surface area contributed by atoms with Crippen LogP contribution < -0.4 is 5.73 Å². The standard InChI is InChI=1S/C14H17FN2S/c1-9-10(2)18-13(17-9)14(3,16)8-11-6-4-5-7-12(11)15/h4-7H,8,16H2,1-3H3. The number of aryl methyl sites for hydroxylation is 2. The van der Waals surface area contributed by atoms with Gasteiger partial charge < -0.3 is 5.73 Å². The number of benzene rings is 1. The molecule has 0 amide bonds. The van der Waals surface area contributed by atoms with Gasteiger partial charge in [0, 0.05) is 4.88 Å². The molecule has 2 rings (SSSR count). The molecule has 1 unspecified atom stereocenters. The number of nitrogens with zero attached hydrogens (tertiary/aromatic N) is 1. The van der Waals surface area contributed by atoms with E-state index in [1.807, 2.05) is 26.8 Å². The summed E-state index contributed by atoms with van der Waals surface area (Å²) in [5.41, 5.74) is 7.30. The Morgan fingerprint density at radius 1 is 1.33 bits per heavy atom. The maximum atomic E-state index is 13.6. The average Bonchev–Trinajstić information content (AvgIpc) is 2.63. The Hall–Kier alpha value is -1.26. The van der Waals surface area contributed by atoms with Crippen LogP contribution in [0.3, 0.4) is 0 Å². The molecule has 2 nitrogen and oxygen atoms in total. The van der Waals surface area contributed by atoms with Gasteiger partial charge in [0.05, 0.1) is 11.2 Å². The summed E-state index contributed by atoms with van der Waals surface area (Å²) < 4.78 is 13.6. The summed E-state index contributed by atoms with van der Waals surface area (Å²) >= 11 is 1.59. The van der Waals surface area contributed by atoms with Gasteiger partial charge in [0.25, 0.3) is 0 Å². The van der Waals surface area contributed by atoms with Crippen LogP contribution in [0.1, 0.15) is 28.1 Å². The van der Waals surface area contributed by atoms with Crippen LogP contribution in [0.15, 0.2) is 24.3 Å². The van der Waals surface area contributed by atoms with Crippen molar-refractivity contribution in [2.75, 3.05) is 0 Å². The Morgan fingerprint density at radius 3 is 2.56 bits per heavy atom. The fraction of sp³-hybridized carbons (Fsp3) is 0.357. The third-order valence-corrected chi connectivity index (χ3v) is 4.39. The van der Waals surface area contributed by atoms with Crippen molar-refractivity contribution in [3.05, 3.63) is 51.2 Å². The summed E-state index contributed by atoms with van der Waals surface area (Å²) in [6, 6.07) is 6.74. The highest BCUT2D eigenvalue weighted by Gasteiger charge is 2.27. The second kappa shape index (κ2) is 4.78. The maximum absolute atomic E-state index is 13.6. The molecule has 1 atom stereocenters. The molecular formula is C14H17FN2S. The van der Waals surface area contributed by atoms with Gasteiger partial charge >= 0.3 is 0 Å². The normalized spacial score (nSPS) is 14.5. The monoisotopic (exact) mass is 264 g/mol. The third-order valence-electron chi connectivity index (χ3n) is 3.03. The summed E-state index contributed by atoms with van der Waals surface area (Å²) in [5.74, 6) is -0.209. The van der Waals surface area contributed by atoms with Crippen molar-refractivity contribution in [3.8, 4) is 0 Å². The van der Waals surface area contributed by atoms with E-state index in [4.69, 9.17) is 5.73 Å². The van der Waals surface area contributed by atoms with Gasteiger partial charge in [-0.2, -0.15) is 0 Å². The SMILES string of the molecule is Cc1nc(C(C)(N)Cc2ccccc2F)sc1C. The zero-order valence-corrected chi connectivity index (χ0v) is 11.6. The van der Waals surface area contributed by atoms with Gasteiger partial charge in [0.2, 0.25) is 0 Å². The molecule has 2 N–H and O–H groups in total. The highest BCUT2D eigenvalue weighted by atomic mass is 32.1. The Balaban J connectivity index is 2.29. The lowest BCUT2D eigenvalue weighted by molar-refractivity contribution is 0.472. The van der Waals surface area contributed by atoms with Crippen LogP contribution >= 0.6 is 11.3 Å². The molecular weight excluding hydrogens is 247 g/mol. The highest BCUT2D eigenvalue weighted by molar-refractivity contribution is 7.11. The highest BCUT2D eigenvalue weighted by Crippen LogP contribution is 2.29. The molecule has 1 heterocycles. The van der Waals surface area contributed by atoms with Crippen molar-refractivity contribution in [3.63, 3.8) is 0 Å². The Morgan fingerprint density at radius 2 is 2.00 bits per heavy atom. The van der Waals surface area contributed by atoms with E-state index in [2.05, 4.69) is 4.98 Å². The van der Waals surface area contributed by atoms with E-state index in [1.165, 1.54) is 6.07 Å². The molecule has 1 aromatic carbocycles. The molecule has 4 heteroatoms. The number of thiazole rings is 1. The first-order valence-electron chi connectivity index (χ1n) is 5.87. The van der Waals surface area contributed by atoms with Crippen molar-refractivity contribution in [2.45, 2.75) is 32.7 Å². The quantitative estimate of drug-likeness (QED) is 0.923. The maximum Gasteiger partial charge on any atom is 0.126 e. The van der Waals surface area contributed by atoms with E-state index in [0.717, 1.165) is 15.6 Å². The lowest BCUT2D eigenvalue weighted by atomic mass is 9.94. The second-order valence-electron chi connectivity index (χ2n) is 4.85. The zero-order valence-electron chi connectivity index (χ0n) is 10.8. The van der Waals surface area contributed by atoms with Crippen molar-refractivity contribution >= 4 is 11.3 Å². The molecule has 0 spiro atoms. The number of aromatic nitrogens is 1. The van der Waals surface area contributed by atoms with Crippen LogP contribution in [0.25, 0.3) is 0 Å². The fourth-order valence-electron chi connectivity index (χ4n) is 1.83. The molecule has 0 saturated heterocycles. The Kier molecular flexibility index (Phi) is 3.50. The molecule has 0 radical (unpaired) electrons. The van der Waals surface area contributed by atoms with Crippen LogP contribution in [0.4, 0.5) is 4.39 Å². The van der Waals surface area contributed by atoms with Crippen molar-refractivity contribution in [2.24, 2.45) is 5.73 Å². The summed E-state index contributed by atoms with van der Waals surface area (Å²) in [7, 11) is 0. The smallest absolute Gasteiger partial charge is 0.126 e. The van der Waals surface area contributed by atoms with E-state index in [0.29, 0.717) is 12.0 Å². The summed E-state index contributed by atoms with van der Waals surface area (Å²) in [5, 5.41) is 0.862. The van der Waals surface area contributed by atoms with Crippen LogP contribution in [-0.4, -0.2) is 4.98 Å². The van der Waals surface area contributed by atoms with Crippen molar-refractivity contribution in [1.29, 1.82) is 0 Å². The van der Waals surface area contributed by atoms with Gasteiger partial charge in [-0.15, -0.1) is 11.3 Å². The number of halogens is 1. The average molecular weight is 264 g/mol. The molecule has 0 bridgehead atoms. The van der Waals surface area contributed by atoms with Gasteiger partial charge in [0.1, 0.15) is 10.8 Å². The molecule has 2 aromatic rings. The zero-order chi connectivity index (χ0) is 13.3. The molecule has 0 fully saturated rings. The predicted octanol–water partition coefficient (Wildman–Crippen LogP) is 3.32. The fourth-order valence-corrected chi connectivity index (χ4v) is 2.80. The summed E-state index contributed by atoms with van der Waals surface area (Å²) in [6.07, 6.45) is 0.450. The number of hydrogen-bond donors (Lipinski definition) is 1. The van der Waals surface area contributed by atoms with Crippen LogP contribution in [0.5, 0.6) is 0 Å². The van der Waals surface area contributed by atoms with Crippen molar-refractivity contribution in [1.82, 2.24) is 4.98 Å². The van der Waals surface area contributed by atoms with Crippen LogP contribution in [-0.2, 0) is 12.0 Å². The van der Waals surface area contributed by atoms with Gasteiger partial charge in [-0.3, -0.25) is 0 Å². The van der Waals surface area contributed by atoms with E-state index in [9.17, 15) is 4.39 Å². The lowest BCUT2D eigenvalue weighted by Crippen LogP contribution is -2.35. The van der Waals surface area contributed by atoms with Crippen LogP contribution in [0.2, 0.25) is 0 Å². The minimum atomic E-state index is -0.633. The lowest BCUT2D eigenvalue weighted by Gasteiger charge is -2.22. The third kappa shape index (κ3) is 2.60. The van der Waals surface area contributed by atoms with Crippen molar-refractivity contribution < 1.29 is 4.39 Å². The predicted molar refractivity (Wildman–Crippen MR) is 73.2 cm³/mol. The van der Waals surface area contributed by atoms with Gasteiger partial charge in [0.15, 0.2) is 0 Å². The second-order valence-corrected chi connectivity index (χ2v) is 6.05. The number of rotatable bonds is 3. The Labute approximate surface area is 111 Å². The molecule has 0 aliphatic carbocycles. The van der Waals surface area contributed by atoms with E-state index in [1.54, 1.807) is 23.5 Å². The summed E-state index contributed by atoms with van der Waals surface area (Å²) in [4.78, 5) is 5.64. The molecule has 0 saturated carbocycles. The van der Waals surface area contributed by atoms with E-state index < -0.39 is 5.54 Å². The van der Waals surface area contributed by atoms with E-state index >= 15 is 0 Å². The largest absolute Gasteiger partial charge is 0.319 e. The number of hydrogen-bond acceptors (Lipinski definition) is 3. The molecule has 1 aromatic heterocycles. The first-order valence-corrected chi connectivity index (χ1v) is 6.68. The van der Waals surface area contributed by atoms with Gasteiger partial charge in [-0.25, -0.2) is 9.37 Å². The van der Waals surface area contributed by atoms with Gasteiger partial charge in [-0.1, -0.05) is 18.2 Å². The molecule has 0 aliphatic heterocycles. The molecule has 96 valence electrons.